The molecule has 0 heterocycles. The van der Waals surface area contributed by atoms with E-state index in [1.165, 1.54) is 7.05 Å². The summed E-state index contributed by atoms with van der Waals surface area (Å²) in [6.45, 7) is 0.585. The maximum absolute atomic E-state index is 13.2. The van der Waals surface area contributed by atoms with Gasteiger partial charge in [-0.25, -0.2) is 8.42 Å². The van der Waals surface area contributed by atoms with Crippen molar-refractivity contribution in [1.82, 2.24) is 9.21 Å². The molecule has 0 saturated carbocycles. The number of benzene rings is 3. The highest BCUT2D eigenvalue weighted by atomic mass is 32.2. The van der Waals surface area contributed by atoms with Crippen molar-refractivity contribution in [1.29, 1.82) is 0 Å². The van der Waals surface area contributed by atoms with E-state index < -0.39 is 10.0 Å². The molecule has 0 N–H and O–H groups in total. The molecule has 0 bridgehead atoms. The van der Waals surface area contributed by atoms with Crippen LogP contribution < -0.4 is 0 Å². The number of sulfonamides is 1. The number of carbonyl (C=O) groups excluding carboxylic acids is 1. The fourth-order valence-electron chi connectivity index (χ4n) is 3.14. The van der Waals surface area contributed by atoms with E-state index in [4.69, 9.17) is 0 Å². The molecular weight excluding hydrogens is 428 g/mol. The third-order valence-electron chi connectivity index (χ3n) is 4.91. The van der Waals surface area contributed by atoms with Crippen LogP contribution in [0.15, 0.2) is 94.7 Å². The molecule has 0 unspecified atom stereocenters. The largest absolute Gasteiger partial charge is 0.333 e. The van der Waals surface area contributed by atoms with Crippen molar-refractivity contribution in [3.63, 3.8) is 0 Å². The van der Waals surface area contributed by atoms with Crippen LogP contribution in [0.25, 0.3) is 0 Å². The summed E-state index contributed by atoms with van der Waals surface area (Å²) in [5.41, 5.74) is 1.98. The zero-order chi connectivity index (χ0) is 22.3. The molecule has 31 heavy (non-hydrogen) atoms. The van der Waals surface area contributed by atoms with Crippen molar-refractivity contribution < 1.29 is 13.2 Å². The molecule has 5 nitrogen and oxygen atoms in total. The molecule has 0 aliphatic heterocycles. The predicted molar refractivity (Wildman–Crippen MR) is 125 cm³/mol. The first kappa shape index (κ1) is 23.1. The summed E-state index contributed by atoms with van der Waals surface area (Å²) in [6.07, 6.45) is 1.93. The van der Waals surface area contributed by atoms with Crippen molar-refractivity contribution in [3.8, 4) is 0 Å². The number of rotatable bonds is 9. The van der Waals surface area contributed by atoms with Gasteiger partial charge in [0.05, 0.1) is 11.4 Å². The van der Waals surface area contributed by atoms with Gasteiger partial charge in [0, 0.05) is 25.0 Å². The Bertz CT molecular complexity index is 1050. The lowest BCUT2D eigenvalue weighted by molar-refractivity contribution is -0.132. The van der Waals surface area contributed by atoms with Gasteiger partial charge in [0.1, 0.15) is 0 Å². The summed E-state index contributed by atoms with van der Waals surface area (Å²) < 4.78 is 27.0. The second kappa shape index (κ2) is 10.6. The van der Waals surface area contributed by atoms with Gasteiger partial charge in [-0.3, -0.25) is 4.79 Å². The Kier molecular flexibility index (Phi) is 7.90. The van der Waals surface area contributed by atoms with Crippen LogP contribution in [0, 0.1) is 0 Å². The molecule has 0 fully saturated rings. The SMILES string of the molecule is CSc1ccc(S(=O)(=O)N(C)CC(=O)N(Cc2ccccc2)Cc2ccccc2)cc1. The van der Waals surface area contributed by atoms with Crippen molar-refractivity contribution in [2.75, 3.05) is 19.8 Å². The summed E-state index contributed by atoms with van der Waals surface area (Å²) in [4.78, 5) is 16.0. The molecule has 0 atom stereocenters. The second-order valence-corrected chi connectivity index (χ2v) is 10.1. The van der Waals surface area contributed by atoms with Crippen molar-refractivity contribution in [2.45, 2.75) is 22.9 Å². The van der Waals surface area contributed by atoms with Gasteiger partial charge in [-0.15, -0.1) is 11.8 Å². The van der Waals surface area contributed by atoms with Crippen LogP contribution in [0.4, 0.5) is 0 Å². The zero-order valence-electron chi connectivity index (χ0n) is 17.6. The second-order valence-electron chi connectivity index (χ2n) is 7.16. The highest BCUT2D eigenvalue weighted by molar-refractivity contribution is 7.98. The number of hydrogen-bond donors (Lipinski definition) is 0. The lowest BCUT2D eigenvalue weighted by Crippen LogP contribution is -2.40. The molecule has 0 radical (unpaired) electrons. The Morgan fingerprint density at radius 1 is 0.806 bits per heavy atom. The van der Waals surface area contributed by atoms with Crippen LogP contribution in [0.3, 0.4) is 0 Å². The molecule has 0 aliphatic carbocycles. The van der Waals surface area contributed by atoms with E-state index in [9.17, 15) is 13.2 Å². The van der Waals surface area contributed by atoms with E-state index in [2.05, 4.69) is 0 Å². The number of hydrogen-bond acceptors (Lipinski definition) is 4. The Morgan fingerprint density at radius 2 is 1.29 bits per heavy atom. The van der Waals surface area contributed by atoms with E-state index in [0.29, 0.717) is 13.1 Å². The normalized spacial score (nSPS) is 11.5. The van der Waals surface area contributed by atoms with E-state index in [1.807, 2.05) is 66.9 Å². The van der Waals surface area contributed by atoms with E-state index in [1.54, 1.807) is 40.9 Å². The van der Waals surface area contributed by atoms with Gasteiger partial charge in [0.25, 0.3) is 0 Å². The maximum Gasteiger partial charge on any atom is 0.243 e. The topological polar surface area (TPSA) is 57.7 Å². The lowest BCUT2D eigenvalue weighted by atomic mass is 10.1. The summed E-state index contributed by atoms with van der Waals surface area (Å²) in [7, 11) is -2.32. The van der Waals surface area contributed by atoms with Gasteiger partial charge >= 0.3 is 0 Å². The lowest BCUT2D eigenvalue weighted by Gasteiger charge is -2.26. The Hall–Kier alpha value is -2.61. The minimum atomic E-state index is -3.76. The fraction of sp³-hybridized carbons (Fsp3) is 0.208. The van der Waals surface area contributed by atoms with E-state index in [0.717, 1.165) is 20.3 Å². The molecule has 1 amide bonds. The Labute approximate surface area is 188 Å². The highest BCUT2D eigenvalue weighted by Gasteiger charge is 2.25. The average molecular weight is 455 g/mol. The maximum atomic E-state index is 13.2. The summed E-state index contributed by atoms with van der Waals surface area (Å²) in [5, 5.41) is 0. The first-order chi connectivity index (χ1) is 14.9. The smallest absolute Gasteiger partial charge is 0.243 e. The standard InChI is InChI=1S/C24H26N2O3S2/c1-25(31(28,29)23-15-13-22(30-2)14-16-23)19-24(27)26(17-20-9-5-3-6-10-20)18-21-11-7-4-8-12-21/h3-16H,17-19H2,1-2H3. The summed E-state index contributed by atoms with van der Waals surface area (Å²) in [6, 6.07) is 26.1. The molecular formula is C24H26N2O3S2. The van der Waals surface area contributed by atoms with Gasteiger partial charge in [-0.2, -0.15) is 4.31 Å². The average Bonchev–Trinajstić information content (AvgIpc) is 2.80. The molecule has 0 aromatic heterocycles. The molecule has 0 spiro atoms. The third kappa shape index (κ3) is 6.19. The minimum Gasteiger partial charge on any atom is -0.333 e. The van der Waals surface area contributed by atoms with Crippen LogP contribution in [0.1, 0.15) is 11.1 Å². The number of likely N-dealkylation sites (N-methyl/N-ethyl adjacent to an activating group) is 1. The quantitative estimate of drug-likeness (QED) is 0.454. The first-order valence-corrected chi connectivity index (χ1v) is 12.5. The summed E-state index contributed by atoms with van der Waals surface area (Å²) >= 11 is 1.54. The van der Waals surface area contributed by atoms with Crippen LogP contribution in [-0.4, -0.2) is 43.4 Å². The number of nitrogens with zero attached hydrogens (tertiary/aromatic N) is 2. The number of carbonyl (C=O) groups is 1. The van der Waals surface area contributed by atoms with Crippen molar-refractivity contribution >= 4 is 27.7 Å². The fourth-order valence-corrected chi connectivity index (χ4v) is 4.67. The van der Waals surface area contributed by atoms with Crippen LogP contribution >= 0.6 is 11.8 Å². The van der Waals surface area contributed by atoms with Crippen LogP contribution in [0.5, 0.6) is 0 Å². The highest BCUT2D eigenvalue weighted by Crippen LogP contribution is 2.20. The van der Waals surface area contributed by atoms with Crippen molar-refractivity contribution in [3.05, 3.63) is 96.1 Å². The van der Waals surface area contributed by atoms with Gasteiger partial charge in [0.2, 0.25) is 15.9 Å². The predicted octanol–water partition coefficient (Wildman–Crippen LogP) is 4.26. The zero-order valence-corrected chi connectivity index (χ0v) is 19.3. The molecule has 162 valence electrons. The minimum absolute atomic E-state index is 0.179. The Morgan fingerprint density at radius 3 is 1.74 bits per heavy atom. The number of thioether (sulfide) groups is 1. The molecule has 7 heteroatoms. The Balaban J connectivity index is 1.77. The van der Waals surface area contributed by atoms with Gasteiger partial charge in [0.15, 0.2) is 0 Å². The van der Waals surface area contributed by atoms with Crippen molar-refractivity contribution in [2.24, 2.45) is 0 Å². The van der Waals surface area contributed by atoms with Gasteiger partial charge < -0.3 is 4.90 Å². The molecule has 3 rings (SSSR count). The molecule has 3 aromatic carbocycles. The monoisotopic (exact) mass is 454 g/mol. The molecule has 3 aromatic rings. The molecule has 0 saturated heterocycles. The van der Waals surface area contributed by atoms with E-state index in [-0.39, 0.29) is 17.3 Å². The summed E-state index contributed by atoms with van der Waals surface area (Å²) in [5.74, 6) is -0.250. The molecule has 0 aliphatic rings. The first-order valence-electron chi connectivity index (χ1n) is 9.86. The van der Waals surface area contributed by atoms with Crippen LogP contribution in [-0.2, 0) is 27.9 Å². The van der Waals surface area contributed by atoms with Gasteiger partial charge in [-0.05, 0) is 41.6 Å². The van der Waals surface area contributed by atoms with Gasteiger partial charge in [-0.1, -0.05) is 60.7 Å². The number of amides is 1. The van der Waals surface area contributed by atoms with Crippen LogP contribution in [0.2, 0.25) is 0 Å². The third-order valence-corrected chi connectivity index (χ3v) is 7.47. The van der Waals surface area contributed by atoms with E-state index >= 15 is 0 Å².